The topological polar surface area (TPSA) is 0 Å². The maximum absolute atomic E-state index is 13.1. The molecule has 0 aliphatic rings. The van der Waals surface area contributed by atoms with Crippen LogP contribution in [0.1, 0.15) is 45.1 Å². The molecule has 1 unspecified atom stereocenters. The molecule has 0 aliphatic heterocycles. The second-order valence-corrected chi connectivity index (χ2v) is 5.81. The first-order chi connectivity index (χ1) is 7.42. The Labute approximate surface area is 103 Å². The third-order valence-electron chi connectivity index (χ3n) is 2.75. The van der Waals surface area contributed by atoms with Crippen LogP contribution in [-0.4, -0.2) is 5.88 Å². The second kappa shape index (κ2) is 5.67. The van der Waals surface area contributed by atoms with Crippen LogP contribution in [-0.2, 0) is 0 Å². The van der Waals surface area contributed by atoms with Gasteiger partial charge in [0.25, 0.3) is 0 Å². The van der Waals surface area contributed by atoms with E-state index in [1.54, 1.807) is 12.1 Å². The summed E-state index contributed by atoms with van der Waals surface area (Å²) >= 11 is 5.96. The summed E-state index contributed by atoms with van der Waals surface area (Å²) in [6.07, 6.45) is 2.11. The van der Waals surface area contributed by atoms with E-state index in [4.69, 9.17) is 11.6 Å². The number of halogens is 2. The minimum Gasteiger partial charge on any atom is -0.207 e. The Morgan fingerprint density at radius 1 is 1.31 bits per heavy atom. The fourth-order valence-corrected chi connectivity index (χ4v) is 2.03. The van der Waals surface area contributed by atoms with Gasteiger partial charge in [-0.2, -0.15) is 0 Å². The maximum Gasteiger partial charge on any atom is 0.123 e. The highest BCUT2D eigenvalue weighted by Crippen LogP contribution is 2.29. The van der Waals surface area contributed by atoms with Crippen LogP contribution >= 0.6 is 11.6 Å². The summed E-state index contributed by atoms with van der Waals surface area (Å²) in [6, 6.07) is 6.77. The molecule has 0 aliphatic carbocycles. The average Bonchev–Trinajstić information content (AvgIpc) is 2.17. The lowest BCUT2D eigenvalue weighted by Gasteiger charge is -2.22. The van der Waals surface area contributed by atoms with Crippen LogP contribution in [0.3, 0.4) is 0 Å². The number of alkyl halides is 1. The Morgan fingerprint density at radius 3 is 2.50 bits per heavy atom. The summed E-state index contributed by atoms with van der Waals surface area (Å²) in [5, 5.41) is 0. The third-order valence-corrected chi connectivity index (χ3v) is 3.12. The number of hydrogen-bond donors (Lipinski definition) is 0. The van der Waals surface area contributed by atoms with Gasteiger partial charge in [-0.05, 0) is 41.9 Å². The van der Waals surface area contributed by atoms with Crippen LogP contribution in [0.25, 0.3) is 0 Å². The van der Waals surface area contributed by atoms with E-state index in [1.807, 2.05) is 6.07 Å². The van der Waals surface area contributed by atoms with Gasteiger partial charge < -0.3 is 0 Å². The van der Waals surface area contributed by atoms with Gasteiger partial charge >= 0.3 is 0 Å². The molecule has 0 N–H and O–H groups in total. The first-order valence-electron chi connectivity index (χ1n) is 5.74. The molecule has 0 amide bonds. The highest BCUT2D eigenvalue weighted by atomic mass is 35.5. The molecule has 1 atom stereocenters. The van der Waals surface area contributed by atoms with Crippen LogP contribution in [0.2, 0.25) is 0 Å². The largest absolute Gasteiger partial charge is 0.207 e. The molecule has 0 bridgehead atoms. The normalized spacial score (nSPS) is 13.8. The van der Waals surface area contributed by atoms with E-state index in [-0.39, 0.29) is 11.7 Å². The molecule has 1 aromatic carbocycles. The Kier molecular flexibility index (Phi) is 4.79. The summed E-state index contributed by atoms with van der Waals surface area (Å²) in [7, 11) is 0. The Balaban J connectivity index is 2.68. The molecule has 90 valence electrons. The molecule has 0 spiro atoms. The molecule has 0 radical (unpaired) electrons. The molecule has 0 fully saturated rings. The Bertz CT molecular complexity index is 328. The van der Waals surface area contributed by atoms with Crippen molar-refractivity contribution in [3.8, 4) is 0 Å². The van der Waals surface area contributed by atoms with E-state index in [1.165, 1.54) is 6.07 Å². The van der Waals surface area contributed by atoms with Crippen molar-refractivity contribution in [2.45, 2.75) is 39.5 Å². The predicted molar refractivity (Wildman–Crippen MR) is 68.6 cm³/mol. The van der Waals surface area contributed by atoms with Crippen LogP contribution in [0.15, 0.2) is 24.3 Å². The van der Waals surface area contributed by atoms with Crippen molar-refractivity contribution in [2.75, 3.05) is 5.88 Å². The second-order valence-electron chi connectivity index (χ2n) is 5.51. The highest BCUT2D eigenvalue weighted by molar-refractivity contribution is 6.18. The van der Waals surface area contributed by atoms with Gasteiger partial charge in [0.05, 0.1) is 0 Å². The van der Waals surface area contributed by atoms with E-state index >= 15 is 0 Å². The van der Waals surface area contributed by atoms with Gasteiger partial charge in [0.1, 0.15) is 5.82 Å². The van der Waals surface area contributed by atoms with Gasteiger partial charge in [0.2, 0.25) is 0 Å². The van der Waals surface area contributed by atoms with Gasteiger partial charge in [0, 0.05) is 5.88 Å². The molecule has 2 heteroatoms. The lowest BCUT2D eigenvalue weighted by molar-refractivity contribution is 0.353. The van der Waals surface area contributed by atoms with Crippen LogP contribution in [0.5, 0.6) is 0 Å². The van der Waals surface area contributed by atoms with E-state index in [9.17, 15) is 4.39 Å². The van der Waals surface area contributed by atoms with Gasteiger partial charge in [-0.15, -0.1) is 11.6 Å². The molecule has 0 aromatic heterocycles. The van der Waals surface area contributed by atoms with Gasteiger partial charge in [-0.25, -0.2) is 4.39 Å². The van der Waals surface area contributed by atoms with Gasteiger partial charge in [-0.1, -0.05) is 32.9 Å². The minimum absolute atomic E-state index is 0.177. The quantitative estimate of drug-likeness (QED) is 0.654. The molecule has 0 saturated carbocycles. The fourth-order valence-electron chi connectivity index (χ4n) is 1.70. The molecule has 1 aromatic rings. The highest BCUT2D eigenvalue weighted by Gasteiger charge is 2.16. The summed E-state index contributed by atoms with van der Waals surface area (Å²) < 4.78 is 13.1. The van der Waals surface area contributed by atoms with Crippen molar-refractivity contribution >= 4 is 11.6 Å². The molecule has 1 rings (SSSR count). The van der Waals surface area contributed by atoms with Crippen molar-refractivity contribution in [1.29, 1.82) is 0 Å². The molecule has 0 saturated heterocycles. The van der Waals surface area contributed by atoms with E-state index in [0.717, 1.165) is 18.4 Å². The smallest absolute Gasteiger partial charge is 0.123 e. The lowest BCUT2D eigenvalue weighted by Crippen LogP contribution is -2.09. The fraction of sp³-hybridized carbons (Fsp3) is 0.571. The number of rotatable bonds is 4. The first kappa shape index (κ1) is 13.5. The van der Waals surface area contributed by atoms with E-state index in [0.29, 0.717) is 11.3 Å². The lowest BCUT2D eigenvalue weighted by atomic mass is 9.85. The van der Waals surface area contributed by atoms with E-state index < -0.39 is 0 Å². The molecule has 0 heterocycles. The van der Waals surface area contributed by atoms with E-state index in [2.05, 4.69) is 20.8 Å². The summed E-state index contributed by atoms with van der Waals surface area (Å²) in [6.45, 7) is 6.64. The summed E-state index contributed by atoms with van der Waals surface area (Å²) in [4.78, 5) is 0. The van der Waals surface area contributed by atoms with Crippen molar-refractivity contribution in [1.82, 2.24) is 0 Å². The van der Waals surface area contributed by atoms with Gasteiger partial charge in [-0.3, -0.25) is 0 Å². The Morgan fingerprint density at radius 2 is 2.00 bits per heavy atom. The van der Waals surface area contributed by atoms with Crippen LogP contribution in [0.4, 0.5) is 4.39 Å². The van der Waals surface area contributed by atoms with Crippen LogP contribution in [0, 0.1) is 11.2 Å². The zero-order chi connectivity index (χ0) is 12.2. The van der Waals surface area contributed by atoms with Gasteiger partial charge in [0.15, 0.2) is 0 Å². The monoisotopic (exact) mass is 242 g/mol. The predicted octanol–water partition coefficient (Wildman–Crippen LogP) is 4.97. The molecular formula is C14H20ClF. The Hall–Kier alpha value is -0.560. The molecular weight excluding hydrogens is 223 g/mol. The van der Waals surface area contributed by atoms with Crippen LogP contribution < -0.4 is 0 Å². The summed E-state index contributed by atoms with van der Waals surface area (Å²) in [5.41, 5.74) is 1.32. The minimum atomic E-state index is -0.177. The van der Waals surface area contributed by atoms with Crippen molar-refractivity contribution < 1.29 is 4.39 Å². The van der Waals surface area contributed by atoms with Crippen molar-refractivity contribution in [3.63, 3.8) is 0 Å². The summed E-state index contributed by atoms with van der Waals surface area (Å²) in [5.74, 6) is 0.638. The number of benzene rings is 1. The average molecular weight is 243 g/mol. The first-order valence-corrected chi connectivity index (χ1v) is 6.27. The zero-order valence-corrected chi connectivity index (χ0v) is 11.0. The standard InChI is InChI=1S/C14H20ClF/c1-14(2,3)8-7-12(10-15)11-5-4-6-13(16)9-11/h4-6,9,12H,7-8,10H2,1-3H3. The zero-order valence-electron chi connectivity index (χ0n) is 10.3. The molecule has 0 nitrogen and oxygen atoms in total. The third kappa shape index (κ3) is 4.52. The maximum atomic E-state index is 13.1. The molecule has 16 heavy (non-hydrogen) atoms. The number of hydrogen-bond acceptors (Lipinski definition) is 0. The SMILES string of the molecule is CC(C)(C)CCC(CCl)c1cccc(F)c1. The van der Waals surface area contributed by atoms with Crippen molar-refractivity contribution in [2.24, 2.45) is 5.41 Å². The van der Waals surface area contributed by atoms with Crippen molar-refractivity contribution in [3.05, 3.63) is 35.6 Å².